The molecule has 0 saturated heterocycles. The molecular weight excluding hydrogens is 500 g/mol. The molecule has 0 bridgehead atoms. The highest BCUT2D eigenvalue weighted by atomic mass is 16.5. The molecule has 1 heterocycles. The Hall–Kier alpha value is -5.30. The number of hydrogen-bond acceptors (Lipinski definition) is 5. The van der Waals surface area contributed by atoms with Gasteiger partial charge in [0.2, 0.25) is 5.91 Å². The predicted octanol–water partition coefficient (Wildman–Crippen LogP) is 6.25. The third-order valence-corrected chi connectivity index (χ3v) is 6.47. The Kier molecular flexibility index (Phi) is 7.92. The van der Waals surface area contributed by atoms with E-state index in [2.05, 4.69) is 15.8 Å². The van der Waals surface area contributed by atoms with E-state index in [1.54, 1.807) is 13.2 Å². The number of nitrogens with one attached hydrogen (secondary N) is 2. The minimum absolute atomic E-state index is 0.116. The van der Waals surface area contributed by atoms with E-state index in [0.717, 1.165) is 39.0 Å². The lowest BCUT2D eigenvalue weighted by atomic mass is 10.0. The van der Waals surface area contributed by atoms with Crippen LogP contribution in [0.15, 0.2) is 114 Å². The summed E-state index contributed by atoms with van der Waals surface area (Å²) in [6.45, 7) is 1.82. The van der Waals surface area contributed by atoms with Gasteiger partial charge in [0.1, 0.15) is 5.75 Å². The number of pyridine rings is 1. The molecule has 0 saturated carbocycles. The quantitative estimate of drug-likeness (QED) is 0.184. The van der Waals surface area contributed by atoms with Gasteiger partial charge in [0, 0.05) is 16.6 Å². The average Bonchev–Trinajstić information content (AvgIpc) is 3.00. The topological polar surface area (TPSA) is 92.7 Å². The number of hydrazone groups is 1. The zero-order valence-electron chi connectivity index (χ0n) is 22.2. The average molecular weight is 529 g/mol. The predicted molar refractivity (Wildman–Crippen MR) is 159 cm³/mol. The number of amides is 2. The SMILES string of the molecule is COc1ccc(CC(=O)Nc2ccc(/C(C)=N\NC(=O)c3cc(-c4ccccc4)nc4ccccc34)cc2)cc1. The summed E-state index contributed by atoms with van der Waals surface area (Å²) < 4.78 is 5.16. The van der Waals surface area contributed by atoms with Gasteiger partial charge in [0.25, 0.3) is 5.91 Å². The third-order valence-electron chi connectivity index (χ3n) is 6.47. The molecule has 0 fully saturated rings. The van der Waals surface area contributed by atoms with Gasteiger partial charge in [-0.1, -0.05) is 72.8 Å². The highest BCUT2D eigenvalue weighted by Gasteiger charge is 2.14. The lowest BCUT2D eigenvalue weighted by Gasteiger charge is -2.10. The van der Waals surface area contributed by atoms with Gasteiger partial charge in [-0.3, -0.25) is 9.59 Å². The first-order valence-corrected chi connectivity index (χ1v) is 12.8. The largest absolute Gasteiger partial charge is 0.497 e. The Morgan fingerprint density at radius 2 is 1.55 bits per heavy atom. The molecular formula is C33H28N4O3. The second-order valence-electron chi connectivity index (χ2n) is 9.23. The van der Waals surface area contributed by atoms with Gasteiger partial charge >= 0.3 is 0 Å². The van der Waals surface area contributed by atoms with Crippen LogP contribution in [0.2, 0.25) is 0 Å². The van der Waals surface area contributed by atoms with Crippen LogP contribution in [-0.2, 0) is 11.2 Å². The summed E-state index contributed by atoms with van der Waals surface area (Å²) in [5, 5.41) is 8.00. The van der Waals surface area contributed by atoms with Gasteiger partial charge < -0.3 is 10.1 Å². The fraction of sp³-hybridized carbons (Fsp3) is 0.0909. The van der Waals surface area contributed by atoms with Gasteiger partial charge in [-0.25, -0.2) is 10.4 Å². The first-order valence-electron chi connectivity index (χ1n) is 12.8. The first kappa shape index (κ1) is 26.3. The van der Waals surface area contributed by atoms with Crippen LogP contribution in [0.3, 0.4) is 0 Å². The number of para-hydroxylation sites is 1. The number of benzene rings is 4. The van der Waals surface area contributed by atoms with Crippen LogP contribution in [-0.4, -0.2) is 29.6 Å². The minimum atomic E-state index is -0.322. The van der Waals surface area contributed by atoms with Crippen molar-refractivity contribution in [2.24, 2.45) is 5.10 Å². The maximum absolute atomic E-state index is 13.2. The zero-order chi connectivity index (χ0) is 27.9. The molecule has 0 spiro atoms. The van der Waals surface area contributed by atoms with E-state index < -0.39 is 0 Å². The molecule has 198 valence electrons. The number of aromatic nitrogens is 1. The molecule has 7 nitrogen and oxygen atoms in total. The molecule has 0 aliphatic carbocycles. The van der Waals surface area contributed by atoms with E-state index in [-0.39, 0.29) is 18.2 Å². The van der Waals surface area contributed by atoms with Crippen molar-refractivity contribution in [3.05, 3.63) is 126 Å². The molecule has 4 aromatic carbocycles. The molecule has 0 unspecified atom stereocenters. The Morgan fingerprint density at radius 3 is 2.27 bits per heavy atom. The lowest BCUT2D eigenvalue weighted by Crippen LogP contribution is -2.20. The first-order chi connectivity index (χ1) is 19.5. The number of rotatable bonds is 8. The highest BCUT2D eigenvalue weighted by Crippen LogP contribution is 2.25. The van der Waals surface area contributed by atoms with Crippen LogP contribution in [0.25, 0.3) is 22.2 Å². The van der Waals surface area contributed by atoms with Crippen molar-refractivity contribution in [1.29, 1.82) is 0 Å². The molecule has 2 N–H and O–H groups in total. The maximum atomic E-state index is 13.2. The van der Waals surface area contributed by atoms with Gasteiger partial charge in [-0.15, -0.1) is 0 Å². The summed E-state index contributed by atoms with van der Waals surface area (Å²) in [5.41, 5.74) is 8.59. The Morgan fingerprint density at radius 1 is 0.850 bits per heavy atom. The molecule has 2 amide bonds. The van der Waals surface area contributed by atoms with E-state index in [9.17, 15) is 9.59 Å². The van der Waals surface area contributed by atoms with Crippen LogP contribution in [0, 0.1) is 0 Å². The number of ether oxygens (including phenoxy) is 1. The second kappa shape index (κ2) is 12.0. The standard InChI is InChI=1S/C33H28N4O3/c1-22(24-14-16-26(17-15-24)34-32(38)20-23-12-18-27(40-2)19-13-23)36-37-33(39)29-21-31(25-8-4-3-5-9-25)35-30-11-7-6-10-28(29)30/h3-19,21H,20H2,1-2H3,(H,34,38)(H,37,39)/b36-22-. The number of methoxy groups -OCH3 is 1. The molecule has 0 atom stereocenters. The summed E-state index contributed by atoms with van der Waals surface area (Å²) in [5.74, 6) is 0.312. The molecule has 7 heteroatoms. The molecule has 5 rings (SSSR count). The number of hydrogen-bond donors (Lipinski definition) is 2. The second-order valence-corrected chi connectivity index (χ2v) is 9.23. The van der Waals surface area contributed by atoms with Crippen LogP contribution >= 0.6 is 0 Å². The number of fused-ring (bicyclic) bond motifs is 1. The number of carbonyl (C=O) groups is 2. The fourth-order valence-electron chi connectivity index (χ4n) is 4.31. The van der Waals surface area contributed by atoms with Gasteiger partial charge in [0.05, 0.1) is 36.0 Å². The Balaban J connectivity index is 1.26. The zero-order valence-corrected chi connectivity index (χ0v) is 22.2. The third kappa shape index (κ3) is 6.22. The van der Waals surface area contributed by atoms with E-state index in [1.807, 2.05) is 110 Å². The van der Waals surface area contributed by atoms with E-state index in [0.29, 0.717) is 17.0 Å². The van der Waals surface area contributed by atoms with Gasteiger partial charge in [-0.2, -0.15) is 5.10 Å². The van der Waals surface area contributed by atoms with E-state index >= 15 is 0 Å². The summed E-state index contributed by atoms with van der Waals surface area (Å²) in [6.07, 6.45) is 0.258. The Labute approximate surface area is 232 Å². The van der Waals surface area contributed by atoms with Crippen molar-refractivity contribution < 1.29 is 14.3 Å². The molecule has 0 aliphatic rings. The molecule has 5 aromatic rings. The monoisotopic (exact) mass is 528 g/mol. The van der Waals surface area contributed by atoms with Crippen molar-refractivity contribution in [2.45, 2.75) is 13.3 Å². The van der Waals surface area contributed by atoms with E-state index in [1.165, 1.54) is 0 Å². The number of nitrogens with zero attached hydrogens (tertiary/aromatic N) is 2. The van der Waals surface area contributed by atoms with Crippen molar-refractivity contribution in [3.8, 4) is 17.0 Å². The van der Waals surface area contributed by atoms with Crippen molar-refractivity contribution in [3.63, 3.8) is 0 Å². The Bertz CT molecular complexity index is 1680. The van der Waals surface area contributed by atoms with Crippen molar-refractivity contribution in [2.75, 3.05) is 12.4 Å². The summed E-state index contributed by atoms with van der Waals surface area (Å²) in [6, 6.07) is 33.8. The highest BCUT2D eigenvalue weighted by molar-refractivity contribution is 6.08. The summed E-state index contributed by atoms with van der Waals surface area (Å²) in [4.78, 5) is 30.4. The molecule has 0 radical (unpaired) electrons. The molecule has 40 heavy (non-hydrogen) atoms. The lowest BCUT2D eigenvalue weighted by molar-refractivity contribution is -0.115. The number of anilines is 1. The van der Waals surface area contributed by atoms with Gasteiger partial charge in [0.15, 0.2) is 0 Å². The molecule has 1 aromatic heterocycles. The fourth-order valence-corrected chi connectivity index (χ4v) is 4.31. The smallest absolute Gasteiger partial charge is 0.272 e. The van der Waals surface area contributed by atoms with Gasteiger partial charge in [-0.05, 0) is 54.4 Å². The van der Waals surface area contributed by atoms with Crippen LogP contribution in [0.4, 0.5) is 5.69 Å². The van der Waals surface area contributed by atoms with Crippen molar-refractivity contribution >= 4 is 34.1 Å². The molecule has 0 aliphatic heterocycles. The normalized spacial score (nSPS) is 11.2. The van der Waals surface area contributed by atoms with E-state index in [4.69, 9.17) is 9.72 Å². The minimum Gasteiger partial charge on any atom is -0.497 e. The van der Waals surface area contributed by atoms with Crippen LogP contribution < -0.4 is 15.5 Å². The summed E-state index contributed by atoms with van der Waals surface area (Å²) >= 11 is 0. The maximum Gasteiger partial charge on any atom is 0.272 e. The van der Waals surface area contributed by atoms with Crippen molar-refractivity contribution in [1.82, 2.24) is 10.4 Å². The van der Waals surface area contributed by atoms with Crippen LogP contribution in [0.1, 0.15) is 28.4 Å². The van der Waals surface area contributed by atoms with Crippen LogP contribution in [0.5, 0.6) is 5.75 Å². The number of carbonyl (C=O) groups excluding carboxylic acids is 2. The summed E-state index contributed by atoms with van der Waals surface area (Å²) in [7, 11) is 1.61.